The molecule has 0 aromatic heterocycles. The van der Waals surface area contributed by atoms with E-state index >= 15 is 0 Å². The van der Waals surface area contributed by atoms with Crippen molar-refractivity contribution in [1.82, 2.24) is 5.32 Å². The molecule has 9 heteroatoms. The van der Waals surface area contributed by atoms with Crippen molar-refractivity contribution in [3.8, 4) is 0 Å². The van der Waals surface area contributed by atoms with Crippen LogP contribution < -0.4 is 10.0 Å². The number of benzene rings is 1. The molecule has 122 valence electrons. The fourth-order valence-electron chi connectivity index (χ4n) is 1.74. The lowest BCUT2D eigenvalue weighted by Gasteiger charge is -2.14. The Balaban J connectivity index is 3.05. The standard InChI is InChI=1S/C13H17ClN2O5S/c1-8(13(18)21-3)7-22(19,20)16-11-6-9(14)4-5-10(11)12(17)15-2/h4-6,8,16H,7H2,1-3H3,(H,15,17). The van der Waals surface area contributed by atoms with E-state index in [1.165, 1.54) is 39.3 Å². The molecule has 0 spiro atoms. The van der Waals surface area contributed by atoms with Gasteiger partial charge in [0.15, 0.2) is 0 Å². The zero-order chi connectivity index (χ0) is 16.9. The van der Waals surface area contributed by atoms with Crippen LogP contribution in [0.25, 0.3) is 0 Å². The summed E-state index contributed by atoms with van der Waals surface area (Å²) in [6.45, 7) is 1.43. The summed E-state index contributed by atoms with van der Waals surface area (Å²) < 4.78 is 31.0. The highest BCUT2D eigenvalue weighted by Gasteiger charge is 2.23. The maximum Gasteiger partial charge on any atom is 0.309 e. The average Bonchev–Trinajstić information content (AvgIpc) is 2.44. The van der Waals surface area contributed by atoms with Crippen LogP contribution in [0, 0.1) is 5.92 Å². The quantitative estimate of drug-likeness (QED) is 0.753. The maximum absolute atomic E-state index is 12.1. The smallest absolute Gasteiger partial charge is 0.309 e. The van der Waals surface area contributed by atoms with Crippen LogP contribution in [0.2, 0.25) is 5.02 Å². The summed E-state index contributed by atoms with van der Waals surface area (Å²) in [7, 11) is -1.25. The van der Waals surface area contributed by atoms with Crippen molar-refractivity contribution < 1.29 is 22.7 Å². The summed E-state index contributed by atoms with van der Waals surface area (Å²) in [6, 6.07) is 4.20. The van der Waals surface area contributed by atoms with Crippen molar-refractivity contribution >= 4 is 39.2 Å². The number of ether oxygens (including phenoxy) is 1. The summed E-state index contributed by atoms with van der Waals surface area (Å²) in [5.41, 5.74) is 0.171. The van der Waals surface area contributed by atoms with Gasteiger partial charge in [-0.2, -0.15) is 0 Å². The van der Waals surface area contributed by atoms with Crippen molar-refractivity contribution in [3.63, 3.8) is 0 Å². The summed E-state index contributed by atoms with van der Waals surface area (Å²) in [6.07, 6.45) is 0. The van der Waals surface area contributed by atoms with Crippen molar-refractivity contribution in [2.24, 2.45) is 5.92 Å². The molecule has 1 aromatic rings. The van der Waals surface area contributed by atoms with Gasteiger partial charge in [-0.25, -0.2) is 8.42 Å². The number of nitrogens with one attached hydrogen (secondary N) is 2. The van der Waals surface area contributed by atoms with Gasteiger partial charge in [0.05, 0.1) is 30.0 Å². The highest BCUT2D eigenvalue weighted by atomic mass is 35.5. The fraction of sp³-hybridized carbons (Fsp3) is 0.385. The molecule has 0 aliphatic heterocycles. The predicted molar refractivity (Wildman–Crippen MR) is 83.4 cm³/mol. The van der Waals surface area contributed by atoms with Gasteiger partial charge in [0.25, 0.3) is 5.91 Å². The second-order valence-electron chi connectivity index (χ2n) is 4.58. The lowest BCUT2D eigenvalue weighted by molar-refractivity contribution is -0.144. The number of methoxy groups -OCH3 is 1. The van der Waals surface area contributed by atoms with Crippen LogP contribution in [-0.2, 0) is 19.6 Å². The number of amides is 1. The van der Waals surface area contributed by atoms with Gasteiger partial charge in [-0.15, -0.1) is 0 Å². The third kappa shape index (κ3) is 4.88. The summed E-state index contributed by atoms with van der Waals surface area (Å²) in [5, 5.41) is 2.67. The molecule has 1 amide bonds. The first-order valence-corrected chi connectivity index (χ1v) is 8.33. The molecule has 0 aliphatic carbocycles. The number of rotatable bonds is 6. The summed E-state index contributed by atoms with van der Waals surface area (Å²) in [5.74, 6) is -2.41. The Morgan fingerprint density at radius 2 is 2.00 bits per heavy atom. The van der Waals surface area contributed by atoms with E-state index in [1.54, 1.807) is 0 Å². The molecule has 2 N–H and O–H groups in total. The molecular weight excluding hydrogens is 332 g/mol. The van der Waals surface area contributed by atoms with Crippen LogP contribution in [-0.4, -0.2) is 40.2 Å². The van der Waals surface area contributed by atoms with E-state index in [4.69, 9.17) is 11.6 Å². The molecular formula is C13H17ClN2O5S. The molecule has 1 aromatic carbocycles. The van der Waals surface area contributed by atoms with Gasteiger partial charge >= 0.3 is 5.97 Å². The van der Waals surface area contributed by atoms with E-state index in [2.05, 4.69) is 14.8 Å². The molecule has 1 rings (SSSR count). The molecule has 1 atom stereocenters. The van der Waals surface area contributed by atoms with E-state index in [1.807, 2.05) is 0 Å². The predicted octanol–water partition coefficient (Wildman–Crippen LogP) is 1.25. The van der Waals surface area contributed by atoms with E-state index in [-0.39, 0.29) is 16.3 Å². The molecule has 0 bridgehead atoms. The zero-order valence-corrected chi connectivity index (χ0v) is 13.9. The highest BCUT2D eigenvalue weighted by molar-refractivity contribution is 7.92. The molecule has 0 saturated carbocycles. The Morgan fingerprint density at radius 1 is 1.36 bits per heavy atom. The average molecular weight is 349 g/mol. The number of hydrogen-bond donors (Lipinski definition) is 2. The Labute approximate surface area is 134 Å². The maximum atomic E-state index is 12.1. The normalized spacial score (nSPS) is 12.4. The molecule has 0 radical (unpaired) electrons. The Hall–Kier alpha value is -1.80. The third-order valence-electron chi connectivity index (χ3n) is 2.79. The number of anilines is 1. The monoisotopic (exact) mass is 348 g/mol. The molecule has 0 heterocycles. The lowest BCUT2D eigenvalue weighted by Crippen LogP contribution is -2.28. The zero-order valence-electron chi connectivity index (χ0n) is 12.3. The number of halogens is 1. The van der Waals surface area contributed by atoms with E-state index in [9.17, 15) is 18.0 Å². The van der Waals surface area contributed by atoms with Gasteiger partial charge in [-0.1, -0.05) is 18.5 Å². The van der Waals surface area contributed by atoms with Gasteiger partial charge in [0.1, 0.15) is 0 Å². The second kappa shape index (κ2) is 7.46. The third-order valence-corrected chi connectivity index (χ3v) is 4.50. The van der Waals surface area contributed by atoms with Gasteiger partial charge in [0, 0.05) is 12.1 Å². The number of carbonyl (C=O) groups excluding carboxylic acids is 2. The first-order chi connectivity index (χ1) is 10.2. The van der Waals surface area contributed by atoms with Gasteiger partial charge in [-0.3, -0.25) is 14.3 Å². The SMILES string of the molecule is CNC(=O)c1ccc(Cl)cc1NS(=O)(=O)CC(C)C(=O)OC. The molecule has 7 nitrogen and oxygen atoms in total. The van der Waals surface area contributed by atoms with Crippen molar-refractivity contribution in [2.45, 2.75) is 6.92 Å². The number of esters is 1. The minimum Gasteiger partial charge on any atom is -0.469 e. The van der Waals surface area contributed by atoms with Gasteiger partial charge in [0.2, 0.25) is 10.0 Å². The minimum absolute atomic E-state index is 0.0453. The Bertz CT molecular complexity index is 675. The largest absolute Gasteiger partial charge is 0.469 e. The molecule has 0 fully saturated rings. The first kappa shape index (κ1) is 18.2. The highest BCUT2D eigenvalue weighted by Crippen LogP contribution is 2.22. The molecule has 0 aliphatic rings. The minimum atomic E-state index is -3.86. The van der Waals surface area contributed by atoms with Crippen LogP contribution in [0.15, 0.2) is 18.2 Å². The van der Waals surface area contributed by atoms with Crippen molar-refractivity contribution in [2.75, 3.05) is 24.6 Å². The number of sulfonamides is 1. The Kier molecular flexibility index (Phi) is 6.19. The molecule has 22 heavy (non-hydrogen) atoms. The van der Waals surface area contributed by atoms with Crippen molar-refractivity contribution in [3.05, 3.63) is 28.8 Å². The van der Waals surface area contributed by atoms with Gasteiger partial charge < -0.3 is 10.1 Å². The first-order valence-electron chi connectivity index (χ1n) is 6.30. The molecule has 0 saturated heterocycles. The fourth-order valence-corrected chi connectivity index (χ4v) is 3.29. The van der Waals surface area contributed by atoms with E-state index < -0.39 is 33.6 Å². The van der Waals surface area contributed by atoms with E-state index in [0.717, 1.165) is 0 Å². The topological polar surface area (TPSA) is 102 Å². The van der Waals surface area contributed by atoms with Crippen LogP contribution in [0.5, 0.6) is 0 Å². The Morgan fingerprint density at radius 3 is 2.55 bits per heavy atom. The van der Waals surface area contributed by atoms with Crippen molar-refractivity contribution in [1.29, 1.82) is 0 Å². The summed E-state index contributed by atoms with van der Waals surface area (Å²) >= 11 is 5.83. The van der Waals surface area contributed by atoms with Crippen LogP contribution >= 0.6 is 11.6 Å². The number of carbonyl (C=O) groups is 2. The summed E-state index contributed by atoms with van der Waals surface area (Å²) in [4.78, 5) is 23.1. The van der Waals surface area contributed by atoms with E-state index in [0.29, 0.717) is 0 Å². The second-order valence-corrected chi connectivity index (χ2v) is 6.78. The van der Waals surface area contributed by atoms with Crippen LogP contribution in [0.1, 0.15) is 17.3 Å². The molecule has 1 unspecified atom stereocenters. The lowest BCUT2D eigenvalue weighted by atomic mass is 10.2. The number of hydrogen-bond acceptors (Lipinski definition) is 5. The van der Waals surface area contributed by atoms with Crippen LogP contribution in [0.3, 0.4) is 0 Å². The van der Waals surface area contributed by atoms with Crippen LogP contribution in [0.4, 0.5) is 5.69 Å². The van der Waals surface area contributed by atoms with Gasteiger partial charge in [-0.05, 0) is 18.2 Å².